The van der Waals surface area contributed by atoms with Crippen LogP contribution in [0.2, 0.25) is 0 Å². The van der Waals surface area contributed by atoms with Crippen molar-refractivity contribution < 1.29 is 4.79 Å². The fourth-order valence-corrected chi connectivity index (χ4v) is 1.65. The van der Waals surface area contributed by atoms with Crippen LogP contribution in [0.3, 0.4) is 0 Å². The Balaban J connectivity index is 1.88. The van der Waals surface area contributed by atoms with Gasteiger partial charge in [0.15, 0.2) is 0 Å². The zero-order valence-corrected chi connectivity index (χ0v) is 10.8. The highest BCUT2D eigenvalue weighted by Crippen LogP contribution is 2.04. The summed E-state index contributed by atoms with van der Waals surface area (Å²) in [5.74, 6) is -0.0812. The average Bonchev–Trinajstić information content (AvgIpc) is 2.40. The fourth-order valence-electron chi connectivity index (χ4n) is 1.65. The number of aryl methyl sites for hydroxylation is 1. The molecule has 0 aliphatic heterocycles. The Morgan fingerprint density at radius 3 is 2.84 bits per heavy atom. The smallest absolute Gasteiger partial charge is 0.226 e. The summed E-state index contributed by atoms with van der Waals surface area (Å²) in [6.45, 7) is 2.40. The van der Waals surface area contributed by atoms with E-state index in [4.69, 9.17) is 5.73 Å². The highest BCUT2D eigenvalue weighted by atomic mass is 16.1. The van der Waals surface area contributed by atoms with Crippen molar-refractivity contribution in [2.45, 2.75) is 19.9 Å². The second-order valence-corrected chi connectivity index (χ2v) is 4.30. The molecule has 5 nitrogen and oxygen atoms in total. The van der Waals surface area contributed by atoms with Crippen LogP contribution in [0.15, 0.2) is 36.7 Å². The standard InChI is InChI=1S/C14H16N4O/c1-10-3-2-6-16-13(10)9-18-14(19)7-12-5-4-11(15)8-17-12/h2-6,8H,7,9,15H2,1H3,(H,18,19). The lowest BCUT2D eigenvalue weighted by Crippen LogP contribution is -2.25. The molecule has 98 valence electrons. The molecule has 0 aromatic carbocycles. The number of nitrogens with zero attached hydrogens (tertiary/aromatic N) is 2. The molecule has 2 heterocycles. The van der Waals surface area contributed by atoms with E-state index >= 15 is 0 Å². The molecule has 0 atom stereocenters. The van der Waals surface area contributed by atoms with Gasteiger partial charge in [-0.3, -0.25) is 14.8 Å². The van der Waals surface area contributed by atoms with Gasteiger partial charge in [0, 0.05) is 11.9 Å². The predicted octanol–water partition coefficient (Wildman–Crippen LogP) is 1.23. The number of aromatic nitrogens is 2. The van der Waals surface area contributed by atoms with Crippen molar-refractivity contribution in [3.8, 4) is 0 Å². The van der Waals surface area contributed by atoms with Crippen LogP contribution in [-0.4, -0.2) is 15.9 Å². The van der Waals surface area contributed by atoms with Crippen molar-refractivity contribution in [2.24, 2.45) is 0 Å². The zero-order chi connectivity index (χ0) is 13.7. The summed E-state index contributed by atoms with van der Waals surface area (Å²) in [4.78, 5) is 20.1. The van der Waals surface area contributed by atoms with E-state index in [0.29, 0.717) is 17.9 Å². The van der Waals surface area contributed by atoms with Crippen LogP contribution in [0.4, 0.5) is 5.69 Å². The van der Waals surface area contributed by atoms with Gasteiger partial charge in [-0.2, -0.15) is 0 Å². The quantitative estimate of drug-likeness (QED) is 0.862. The zero-order valence-electron chi connectivity index (χ0n) is 10.8. The largest absolute Gasteiger partial charge is 0.397 e. The van der Waals surface area contributed by atoms with Crippen molar-refractivity contribution in [1.29, 1.82) is 0 Å². The topological polar surface area (TPSA) is 80.9 Å². The molecule has 2 rings (SSSR count). The number of nitrogens with one attached hydrogen (secondary N) is 1. The fraction of sp³-hybridized carbons (Fsp3) is 0.214. The van der Waals surface area contributed by atoms with Gasteiger partial charge in [0.25, 0.3) is 0 Å². The monoisotopic (exact) mass is 256 g/mol. The van der Waals surface area contributed by atoms with Crippen molar-refractivity contribution >= 4 is 11.6 Å². The molecule has 2 aromatic heterocycles. The van der Waals surface area contributed by atoms with Crippen molar-refractivity contribution in [1.82, 2.24) is 15.3 Å². The molecule has 0 saturated carbocycles. The highest BCUT2D eigenvalue weighted by Gasteiger charge is 2.05. The van der Waals surface area contributed by atoms with Gasteiger partial charge in [-0.15, -0.1) is 0 Å². The van der Waals surface area contributed by atoms with Crippen LogP contribution < -0.4 is 11.1 Å². The van der Waals surface area contributed by atoms with Gasteiger partial charge in [0.1, 0.15) is 0 Å². The molecule has 0 unspecified atom stereocenters. The SMILES string of the molecule is Cc1cccnc1CNC(=O)Cc1ccc(N)cn1. The minimum absolute atomic E-state index is 0.0812. The lowest BCUT2D eigenvalue weighted by atomic mass is 10.2. The Morgan fingerprint density at radius 2 is 2.16 bits per heavy atom. The summed E-state index contributed by atoms with van der Waals surface area (Å²) in [5, 5.41) is 2.83. The van der Waals surface area contributed by atoms with E-state index in [1.54, 1.807) is 24.5 Å². The molecular formula is C14H16N4O. The lowest BCUT2D eigenvalue weighted by molar-refractivity contribution is -0.120. The maximum absolute atomic E-state index is 11.8. The number of hydrogen-bond donors (Lipinski definition) is 2. The lowest BCUT2D eigenvalue weighted by Gasteiger charge is -2.06. The van der Waals surface area contributed by atoms with E-state index in [0.717, 1.165) is 11.3 Å². The van der Waals surface area contributed by atoms with E-state index in [-0.39, 0.29) is 12.3 Å². The third kappa shape index (κ3) is 3.77. The van der Waals surface area contributed by atoms with Crippen LogP contribution in [0.1, 0.15) is 17.0 Å². The summed E-state index contributed by atoms with van der Waals surface area (Å²) in [6, 6.07) is 7.33. The van der Waals surface area contributed by atoms with Gasteiger partial charge in [-0.25, -0.2) is 0 Å². The first-order valence-electron chi connectivity index (χ1n) is 6.03. The number of carbonyl (C=O) groups is 1. The number of pyridine rings is 2. The molecule has 0 aliphatic carbocycles. The molecule has 0 radical (unpaired) electrons. The van der Waals surface area contributed by atoms with Gasteiger partial charge in [0.2, 0.25) is 5.91 Å². The summed E-state index contributed by atoms with van der Waals surface area (Å²) in [5.41, 5.74) is 8.77. The van der Waals surface area contributed by atoms with Crippen LogP contribution in [0.25, 0.3) is 0 Å². The Labute approximate surface area is 111 Å². The number of rotatable bonds is 4. The molecule has 0 spiro atoms. The number of nitrogen functional groups attached to an aromatic ring is 1. The van der Waals surface area contributed by atoms with E-state index in [1.807, 2.05) is 19.1 Å². The van der Waals surface area contributed by atoms with Crippen LogP contribution >= 0.6 is 0 Å². The summed E-state index contributed by atoms with van der Waals surface area (Å²) in [6.07, 6.45) is 3.51. The summed E-state index contributed by atoms with van der Waals surface area (Å²) < 4.78 is 0. The molecule has 1 amide bonds. The summed E-state index contributed by atoms with van der Waals surface area (Å²) >= 11 is 0. The number of hydrogen-bond acceptors (Lipinski definition) is 4. The number of nitrogens with two attached hydrogens (primary N) is 1. The van der Waals surface area contributed by atoms with Gasteiger partial charge in [-0.05, 0) is 30.7 Å². The highest BCUT2D eigenvalue weighted by molar-refractivity contribution is 5.78. The van der Waals surface area contributed by atoms with Gasteiger partial charge >= 0.3 is 0 Å². The van der Waals surface area contributed by atoms with Crippen molar-refractivity contribution in [2.75, 3.05) is 5.73 Å². The number of anilines is 1. The average molecular weight is 256 g/mol. The predicted molar refractivity (Wildman–Crippen MR) is 73.2 cm³/mol. The maximum atomic E-state index is 11.8. The van der Waals surface area contributed by atoms with E-state index in [2.05, 4.69) is 15.3 Å². The first-order valence-corrected chi connectivity index (χ1v) is 6.03. The van der Waals surface area contributed by atoms with Crippen LogP contribution in [0, 0.1) is 6.92 Å². The Kier molecular flexibility index (Phi) is 4.07. The van der Waals surface area contributed by atoms with Gasteiger partial charge < -0.3 is 11.1 Å². The minimum Gasteiger partial charge on any atom is -0.397 e. The Morgan fingerprint density at radius 1 is 1.32 bits per heavy atom. The van der Waals surface area contributed by atoms with Gasteiger partial charge in [-0.1, -0.05) is 6.07 Å². The molecule has 0 bridgehead atoms. The molecule has 3 N–H and O–H groups in total. The minimum atomic E-state index is -0.0812. The molecule has 0 aliphatic rings. The maximum Gasteiger partial charge on any atom is 0.226 e. The molecule has 5 heteroatoms. The molecule has 19 heavy (non-hydrogen) atoms. The Hall–Kier alpha value is -2.43. The molecule has 0 fully saturated rings. The third-order valence-electron chi connectivity index (χ3n) is 2.76. The van der Waals surface area contributed by atoms with Crippen molar-refractivity contribution in [3.63, 3.8) is 0 Å². The number of amides is 1. The second kappa shape index (κ2) is 5.95. The molecular weight excluding hydrogens is 240 g/mol. The second-order valence-electron chi connectivity index (χ2n) is 4.30. The van der Waals surface area contributed by atoms with Crippen LogP contribution in [-0.2, 0) is 17.8 Å². The first-order chi connectivity index (χ1) is 9.15. The van der Waals surface area contributed by atoms with Crippen LogP contribution in [0.5, 0.6) is 0 Å². The number of carbonyl (C=O) groups excluding carboxylic acids is 1. The van der Waals surface area contributed by atoms with E-state index in [9.17, 15) is 4.79 Å². The Bertz CT molecular complexity index is 566. The normalized spacial score (nSPS) is 10.2. The van der Waals surface area contributed by atoms with Crippen molar-refractivity contribution in [3.05, 3.63) is 53.6 Å². The first kappa shape index (κ1) is 13.0. The molecule has 2 aromatic rings. The van der Waals surface area contributed by atoms with Gasteiger partial charge in [0.05, 0.1) is 30.5 Å². The van der Waals surface area contributed by atoms with E-state index in [1.165, 1.54) is 0 Å². The van der Waals surface area contributed by atoms with E-state index < -0.39 is 0 Å². The molecule has 0 saturated heterocycles. The third-order valence-corrected chi connectivity index (χ3v) is 2.76. The summed E-state index contributed by atoms with van der Waals surface area (Å²) in [7, 11) is 0.